The fraction of sp³-hybridized carbons (Fsp3) is 0.400. The van der Waals surface area contributed by atoms with Crippen molar-refractivity contribution in [1.82, 2.24) is 4.98 Å². The SMILES string of the molecule is CCOC(=O)Cc1cc(I)c(C(F)F)c(F)n1. The fourth-order valence-corrected chi connectivity index (χ4v) is 2.00. The highest BCUT2D eigenvalue weighted by Crippen LogP contribution is 2.26. The van der Waals surface area contributed by atoms with Crippen molar-refractivity contribution in [3.8, 4) is 0 Å². The Kier molecular flexibility index (Phi) is 5.16. The number of halogens is 4. The summed E-state index contributed by atoms with van der Waals surface area (Å²) in [6.45, 7) is 1.84. The van der Waals surface area contributed by atoms with Gasteiger partial charge in [-0.25, -0.2) is 13.8 Å². The minimum absolute atomic E-state index is 0.0457. The second kappa shape index (κ2) is 6.18. The average Bonchev–Trinajstić information content (AvgIpc) is 2.15. The summed E-state index contributed by atoms with van der Waals surface area (Å²) < 4.78 is 42.8. The lowest BCUT2D eigenvalue weighted by Crippen LogP contribution is -2.11. The van der Waals surface area contributed by atoms with E-state index in [2.05, 4.69) is 9.72 Å². The standard InChI is InChI=1S/C10H9F3INO2/c1-2-17-7(16)4-5-3-6(14)8(9(11)12)10(13)15-5/h3,9H,2,4H2,1H3. The zero-order valence-electron chi connectivity index (χ0n) is 8.84. The molecule has 0 saturated heterocycles. The predicted octanol–water partition coefficient (Wildman–Crippen LogP) is 2.87. The molecular weight excluding hydrogens is 350 g/mol. The number of nitrogens with zero attached hydrogens (tertiary/aromatic N) is 1. The molecule has 0 aliphatic heterocycles. The molecule has 17 heavy (non-hydrogen) atoms. The van der Waals surface area contributed by atoms with Crippen LogP contribution in [-0.2, 0) is 16.0 Å². The van der Waals surface area contributed by atoms with Gasteiger partial charge in [0.15, 0.2) is 0 Å². The zero-order chi connectivity index (χ0) is 13.0. The molecule has 0 amide bonds. The summed E-state index contributed by atoms with van der Waals surface area (Å²) in [5.41, 5.74) is -0.659. The van der Waals surface area contributed by atoms with Crippen LogP contribution in [0.15, 0.2) is 6.07 Å². The van der Waals surface area contributed by atoms with E-state index >= 15 is 0 Å². The van der Waals surface area contributed by atoms with E-state index in [1.165, 1.54) is 6.07 Å². The van der Waals surface area contributed by atoms with Crippen LogP contribution in [0.4, 0.5) is 13.2 Å². The van der Waals surface area contributed by atoms with Crippen LogP contribution in [0.5, 0.6) is 0 Å². The molecule has 0 aliphatic rings. The molecule has 0 radical (unpaired) electrons. The van der Waals surface area contributed by atoms with Gasteiger partial charge in [0.05, 0.1) is 24.3 Å². The van der Waals surface area contributed by atoms with E-state index in [9.17, 15) is 18.0 Å². The Hall–Kier alpha value is -0.860. The van der Waals surface area contributed by atoms with Gasteiger partial charge in [-0.15, -0.1) is 0 Å². The van der Waals surface area contributed by atoms with E-state index < -0.39 is 23.9 Å². The fourth-order valence-electron chi connectivity index (χ4n) is 1.19. The molecule has 1 aromatic heterocycles. The first kappa shape index (κ1) is 14.2. The van der Waals surface area contributed by atoms with Gasteiger partial charge >= 0.3 is 5.97 Å². The second-order valence-electron chi connectivity index (χ2n) is 3.08. The minimum atomic E-state index is -2.92. The topological polar surface area (TPSA) is 39.2 Å². The van der Waals surface area contributed by atoms with Crippen molar-refractivity contribution in [3.63, 3.8) is 0 Å². The van der Waals surface area contributed by atoms with Gasteiger partial charge in [0.2, 0.25) is 5.95 Å². The van der Waals surface area contributed by atoms with Crippen molar-refractivity contribution in [3.05, 3.63) is 26.8 Å². The van der Waals surface area contributed by atoms with Gasteiger partial charge in [-0.05, 0) is 35.6 Å². The summed E-state index contributed by atoms with van der Waals surface area (Å²) in [7, 11) is 0. The Bertz CT molecular complexity index is 403. The zero-order valence-corrected chi connectivity index (χ0v) is 11.0. The minimum Gasteiger partial charge on any atom is -0.466 e. The van der Waals surface area contributed by atoms with Gasteiger partial charge in [0, 0.05) is 3.57 Å². The molecule has 94 valence electrons. The van der Waals surface area contributed by atoms with Crippen molar-refractivity contribution < 1.29 is 22.7 Å². The summed E-state index contributed by atoms with van der Waals surface area (Å²) in [5.74, 6) is -1.81. The molecule has 0 aromatic carbocycles. The van der Waals surface area contributed by atoms with E-state index in [1.807, 2.05) is 0 Å². The summed E-state index contributed by atoms with van der Waals surface area (Å²) in [5, 5.41) is 0. The maximum atomic E-state index is 13.2. The number of hydrogen-bond donors (Lipinski definition) is 0. The van der Waals surface area contributed by atoms with Crippen LogP contribution in [0.25, 0.3) is 0 Å². The summed E-state index contributed by atoms with van der Waals surface area (Å²) in [6.07, 6.45) is -3.16. The van der Waals surface area contributed by atoms with Crippen LogP contribution >= 0.6 is 22.6 Å². The molecule has 0 unspecified atom stereocenters. The van der Waals surface area contributed by atoms with Crippen molar-refractivity contribution in [1.29, 1.82) is 0 Å². The molecule has 7 heteroatoms. The number of carbonyl (C=O) groups excluding carboxylic acids is 1. The number of esters is 1. The number of carbonyl (C=O) groups is 1. The predicted molar refractivity (Wildman–Crippen MR) is 62.2 cm³/mol. The number of hydrogen-bond acceptors (Lipinski definition) is 3. The van der Waals surface area contributed by atoms with Crippen LogP contribution < -0.4 is 0 Å². The molecule has 1 aromatic rings. The molecule has 0 saturated carbocycles. The molecule has 0 aliphatic carbocycles. The number of rotatable bonds is 4. The summed E-state index contributed by atoms with van der Waals surface area (Å²) in [6, 6.07) is 1.25. The van der Waals surface area contributed by atoms with Crippen molar-refractivity contribution in [2.24, 2.45) is 0 Å². The third kappa shape index (κ3) is 3.83. The number of alkyl halides is 2. The second-order valence-corrected chi connectivity index (χ2v) is 4.24. The molecule has 0 bridgehead atoms. The molecule has 3 nitrogen and oxygen atoms in total. The maximum absolute atomic E-state index is 13.2. The summed E-state index contributed by atoms with van der Waals surface area (Å²) >= 11 is 1.58. The van der Waals surface area contributed by atoms with E-state index in [-0.39, 0.29) is 22.3 Å². The molecule has 0 N–H and O–H groups in total. The van der Waals surface area contributed by atoms with Crippen LogP contribution in [0.3, 0.4) is 0 Å². The van der Waals surface area contributed by atoms with Gasteiger partial charge in [-0.1, -0.05) is 0 Å². The highest BCUT2D eigenvalue weighted by molar-refractivity contribution is 14.1. The van der Waals surface area contributed by atoms with E-state index in [0.717, 1.165) is 0 Å². The Balaban J connectivity index is 2.94. The smallest absolute Gasteiger partial charge is 0.311 e. The van der Waals surface area contributed by atoms with Crippen LogP contribution in [0.1, 0.15) is 24.6 Å². The summed E-state index contributed by atoms with van der Waals surface area (Å²) in [4.78, 5) is 14.4. The van der Waals surface area contributed by atoms with Crippen LogP contribution in [0, 0.1) is 9.52 Å². The largest absolute Gasteiger partial charge is 0.466 e. The van der Waals surface area contributed by atoms with Crippen molar-refractivity contribution in [2.45, 2.75) is 19.8 Å². The van der Waals surface area contributed by atoms with E-state index in [0.29, 0.717) is 0 Å². The molecule has 1 heterocycles. The van der Waals surface area contributed by atoms with Crippen molar-refractivity contribution in [2.75, 3.05) is 6.61 Å². The lowest BCUT2D eigenvalue weighted by molar-refractivity contribution is -0.142. The molecule has 0 spiro atoms. The Morgan fingerprint density at radius 3 is 2.71 bits per heavy atom. The average molecular weight is 359 g/mol. The van der Waals surface area contributed by atoms with Gasteiger partial charge in [0.25, 0.3) is 6.43 Å². The van der Waals surface area contributed by atoms with E-state index in [1.54, 1.807) is 29.5 Å². The van der Waals surface area contributed by atoms with Crippen LogP contribution in [-0.4, -0.2) is 17.6 Å². The first-order valence-corrected chi connectivity index (χ1v) is 5.82. The van der Waals surface area contributed by atoms with Gasteiger partial charge in [0.1, 0.15) is 0 Å². The highest BCUT2D eigenvalue weighted by atomic mass is 127. The van der Waals surface area contributed by atoms with Gasteiger partial charge in [-0.2, -0.15) is 4.39 Å². The number of aromatic nitrogens is 1. The molecule has 0 atom stereocenters. The third-order valence-electron chi connectivity index (χ3n) is 1.86. The van der Waals surface area contributed by atoms with Crippen LogP contribution in [0.2, 0.25) is 0 Å². The van der Waals surface area contributed by atoms with Gasteiger partial charge in [-0.3, -0.25) is 4.79 Å². The highest BCUT2D eigenvalue weighted by Gasteiger charge is 2.20. The number of pyridine rings is 1. The van der Waals surface area contributed by atoms with Crippen molar-refractivity contribution >= 4 is 28.6 Å². The quantitative estimate of drug-likeness (QED) is 0.472. The van der Waals surface area contributed by atoms with Gasteiger partial charge < -0.3 is 4.74 Å². The lowest BCUT2D eigenvalue weighted by atomic mass is 10.2. The monoisotopic (exact) mass is 359 g/mol. The van der Waals surface area contributed by atoms with E-state index in [4.69, 9.17) is 0 Å². The first-order valence-electron chi connectivity index (χ1n) is 4.74. The Labute approximate surface area is 110 Å². The first-order chi connectivity index (χ1) is 7.95. The Morgan fingerprint density at radius 2 is 2.24 bits per heavy atom. The molecule has 0 fully saturated rings. The third-order valence-corrected chi connectivity index (χ3v) is 2.76. The molecule has 1 rings (SSSR count). The Morgan fingerprint density at radius 1 is 1.59 bits per heavy atom. The molecular formula is C10H9F3INO2. The maximum Gasteiger partial charge on any atom is 0.311 e. The normalized spacial score (nSPS) is 10.7. The number of ether oxygens (including phenoxy) is 1. The lowest BCUT2D eigenvalue weighted by Gasteiger charge is -2.07.